The molecule has 0 aromatic rings. The Kier molecular flexibility index (Phi) is 7.86. The van der Waals surface area contributed by atoms with E-state index in [1.807, 2.05) is 5.32 Å². The van der Waals surface area contributed by atoms with Crippen LogP contribution in [0.5, 0.6) is 0 Å². The Bertz CT molecular complexity index is 535. The number of primary amides is 1. The number of nitrogens with two attached hydrogens (primary N) is 1. The summed E-state index contributed by atoms with van der Waals surface area (Å²) in [5.41, 5.74) is 4.90. The summed E-state index contributed by atoms with van der Waals surface area (Å²) in [7, 11) is 0. The minimum atomic E-state index is -5.15. The van der Waals surface area contributed by atoms with Crippen LogP contribution in [0.25, 0.3) is 0 Å². The highest BCUT2D eigenvalue weighted by molar-refractivity contribution is 5.96. The van der Waals surface area contributed by atoms with Gasteiger partial charge in [-0.2, -0.15) is 13.2 Å². The number of alkyl halides is 3. The molecule has 0 bridgehead atoms. The Morgan fingerprint density at radius 2 is 1.62 bits per heavy atom. The Labute approximate surface area is 134 Å². The van der Waals surface area contributed by atoms with Gasteiger partial charge in [0.2, 0.25) is 23.6 Å². The summed E-state index contributed by atoms with van der Waals surface area (Å²) in [6.45, 7) is 1.41. The maximum Gasteiger partial charge on any atom is 0.452 e. The van der Waals surface area contributed by atoms with Gasteiger partial charge in [0.1, 0.15) is 6.04 Å². The number of halogens is 3. The second-order valence-electron chi connectivity index (χ2n) is 4.79. The van der Waals surface area contributed by atoms with Crippen LogP contribution < -0.4 is 21.7 Å². The highest BCUT2D eigenvalue weighted by Gasteiger charge is 2.42. The molecule has 0 radical (unpaired) electrons. The lowest BCUT2D eigenvalue weighted by molar-refractivity contribution is -0.173. The van der Waals surface area contributed by atoms with Gasteiger partial charge in [0.05, 0.1) is 19.0 Å². The van der Waals surface area contributed by atoms with Crippen LogP contribution in [0.4, 0.5) is 13.2 Å². The van der Waals surface area contributed by atoms with E-state index in [0.717, 1.165) is 13.8 Å². The van der Waals surface area contributed by atoms with E-state index in [9.17, 15) is 37.1 Å². The number of rotatable bonds is 8. The number of ketones is 1. The van der Waals surface area contributed by atoms with Crippen molar-refractivity contribution in [1.29, 1.82) is 0 Å². The van der Waals surface area contributed by atoms with E-state index in [1.165, 1.54) is 0 Å². The predicted octanol–water partition coefficient (Wildman–Crippen LogP) is -1.88. The third-order valence-corrected chi connectivity index (χ3v) is 2.59. The lowest BCUT2D eigenvalue weighted by Crippen LogP contribution is -2.54. The van der Waals surface area contributed by atoms with E-state index in [0.29, 0.717) is 0 Å². The fourth-order valence-electron chi connectivity index (χ4n) is 1.49. The van der Waals surface area contributed by atoms with E-state index >= 15 is 0 Å². The topological polar surface area (TPSA) is 147 Å². The monoisotopic (exact) mass is 354 g/mol. The molecular weight excluding hydrogens is 337 g/mol. The molecule has 0 aliphatic heterocycles. The Balaban J connectivity index is 4.88. The molecule has 0 spiro atoms. The van der Waals surface area contributed by atoms with Crippen molar-refractivity contribution < 1.29 is 37.1 Å². The molecule has 0 aromatic carbocycles. The molecule has 1 unspecified atom stereocenters. The zero-order valence-electron chi connectivity index (χ0n) is 12.8. The fourth-order valence-corrected chi connectivity index (χ4v) is 1.49. The van der Waals surface area contributed by atoms with Gasteiger partial charge in [0.15, 0.2) is 0 Å². The molecule has 12 heteroatoms. The average molecular weight is 354 g/mol. The quantitative estimate of drug-likeness (QED) is 0.403. The Morgan fingerprint density at radius 1 is 1.08 bits per heavy atom. The van der Waals surface area contributed by atoms with Gasteiger partial charge in [-0.05, 0) is 6.92 Å². The van der Waals surface area contributed by atoms with Crippen LogP contribution in [0.3, 0.4) is 0 Å². The van der Waals surface area contributed by atoms with Gasteiger partial charge < -0.3 is 21.7 Å². The molecule has 0 fully saturated rings. The van der Waals surface area contributed by atoms with E-state index in [-0.39, 0.29) is 0 Å². The van der Waals surface area contributed by atoms with Crippen molar-refractivity contribution in [2.24, 2.45) is 5.73 Å². The molecule has 0 heterocycles. The molecule has 9 nitrogen and oxygen atoms in total. The molecular formula is C12H17F3N4O5. The van der Waals surface area contributed by atoms with Crippen molar-refractivity contribution in [3.63, 3.8) is 0 Å². The number of hydrogen-bond donors (Lipinski definition) is 4. The summed E-state index contributed by atoms with van der Waals surface area (Å²) in [6, 6.07) is -3.51. The largest absolute Gasteiger partial charge is 0.452 e. The molecule has 5 N–H and O–H groups in total. The first-order valence-electron chi connectivity index (χ1n) is 6.58. The maximum atomic E-state index is 12.3. The number of carbonyl (C=O) groups excluding carboxylic acids is 5. The normalized spacial score (nSPS) is 13.4. The van der Waals surface area contributed by atoms with Crippen LogP contribution in [0.15, 0.2) is 0 Å². The van der Waals surface area contributed by atoms with E-state index in [1.54, 1.807) is 5.32 Å². The van der Waals surface area contributed by atoms with Gasteiger partial charge in [0.25, 0.3) is 5.78 Å². The summed E-state index contributed by atoms with van der Waals surface area (Å²) in [4.78, 5) is 55.9. The molecule has 0 aromatic heterocycles. The van der Waals surface area contributed by atoms with Crippen molar-refractivity contribution in [2.45, 2.75) is 38.5 Å². The van der Waals surface area contributed by atoms with Crippen LogP contribution >= 0.6 is 0 Å². The highest BCUT2D eigenvalue weighted by atomic mass is 19.4. The number of carbonyl (C=O) groups is 5. The molecule has 2 atom stereocenters. The van der Waals surface area contributed by atoms with Crippen molar-refractivity contribution in [3.8, 4) is 0 Å². The molecule has 0 saturated carbocycles. The number of amides is 4. The van der Waals surface area contributed by atoms with Crippen LogP contribution in [0.2, 0.25) is 0 Å². The fraction of sp³-hybridized carbons (Fsp3) is 0.583. The zero-order valence-corrected chi connectivity index (χ0v) is 12.8. The summed E-state index contributed by atoms with van der Waals surface area (Å²) in [5.74, 6) is -5.81. The molecule has 136 valence electrons. The Hall–Kier alpha value is -2.66. The number of Topliss-reactive ketones (excluding diaryl/α,β-unsaturated/α-hetero) is 1. The first kappa shape index (κ1) is 21.3. The highest BCUT2D eigenvalue weighted by Crippen LogP contribution is 2.17. The van der Waals surface area contributed by atoms with Crippen molar-refractivity contribution >= 4 is 29.4 Å². The van der Waals surface area contributed by atoms with Gasteiger partial charge in [-0.15, -0.1) is 0 Å². The van der Waals surface area contributed by atoms with Crippen LogP contribution in [0.1, 0.15) is 20.3 Å². The van der Waals surface area contributed by atoms with E-state index in [2.05, 4.69) is 5.32 Å². The number of nitrogens with one attached hydrogen (secondary N) is 3. The van der Waals surface area contributed by atoms with Gasteiger partial charge in [0, 0.05) is 6.92 Å². The van der Waals surface area contributed by atoms with Gasteiger partial charge in [-0.1, -0.05) is 0 Å². The third kappa shape index (κ3) is 8.10. The van der Waals surface area contributed by atoms with Crippen LogP contribution in [0, 0.1) is 0 Å². The van der Waals surface area contributed by atoms with Crippen molar-refractivity contribution in [3.05, 3.63) is 0 Å². The van der Waals surface area contributed by atoms with Crippen LogP contribution in [-0.4, -0.2) is 54.2 Å². The second-order valence-corrected chi connectivity index (χ2v) is 4.79. The van der Waals surface area contributed by atoms with Gasteiger partial charge in [-0.25, -0.2) is 0 Å². The smallest absolute Gasteiger partial charge is 0.370 e. The molecule has 0 saturated heterocycles. The number of hydrogen-bond acceptors (Lipinski definition) is 5. The molecule has 4 amide bonds. The summed E-state index contributed by atoms with van der Waals surface area (Å²) >= 11 is 0. The predicted molar refractivity (Wildman–Crippen MR) is 73.1 cm³/mol. The minimum Gasteiger partial charge on any atom is -0.370 e. The Morgan fingerprint density at radius 3 is 2.04 bits per heavy atom. The first-order chi connectivity index (χ1) is 10.8. The maximum absolute atomic E-state index is 12.3. The zero-order chi connectivity index (χ0) is 19.1. The second kappa shape index (κ2) is 8.84. The summed E-state index contributed by atoms with van der Waals surface area (Å²) in [6.07, 6.45) is -5.86. The van der Waals surface area contributed by atoms with Gasteiger partial charge >= 0.3 is 6.18 Å². The molecule has 0 aliphatic rings. The lowest BCUT2D eigenvalue weighted by atomic mass is 10.1. The molecule has 0 aliphatic carbocycles. The van der Waals surface area contributed by atoms with Crippen molar-refractivity contribution in [2.75, 3.05) is 6.54 Å². The minimum absolute atomic E-state index is 0.519. The van der Waals surface area contributed by atoms with Crippen LogP contribution in [-0.2, 0) is 24.0 Å². The summed E-state index contributed by atoms with van der Waals surface area (Å²) in [5, 5.41) is 5.89. The summed E-state index contributed by atoms with van der Waals surface area (Å²) < 4.78 is 36.8. The van der Waals surface area contributed by atoms with E-state index in [4.69, 9.17) is 5.73 Å². The van der Waals surface area contributed by atoms with E-state index < -0.39 is 60.6 Å². The third-order valence-electron chi connectivity index (χ3n) is 2.59. The SMILES string of the molecule is CC(=O)NCC(=O)NC(CC(N)=O)C(=O)N[C@@H](C)C(=O)C(F)(F)F. The standard InChI is InChI=1S/C12H17F3N4O5/c1-5(10(23)12(13,14)15)18-11(24)7(3-8(16)21)19-9(22)4-17-6(2)20/h5,7H,3-4H2,1-2H3,(H2,16,21)(H,17,20)(H,18,24)(H,19,22)/t5-,7?/m0/s1. The average Bonchev–Trinajstić information content (AvgIpc) is 2.41. The molecule has 0 rings (SSSR count). The first-order valence-corrected chi connectivity index (χ1v) is 6.58. The molecule has 24 heavy (non-hydrogen) atoms. The van der Waals surface area contributed by atoms with Gasteiger partial charge in [-0.3, -0.25) is 24.0 Å². The van der Waals surface area contributed by atoms with Crippen molar-refractivity contribution in [1.82, 2.24) is 16.0 Å². The lowest BCUT2D eigenvalue weighted by Gasteiger charge is -2.20.